The lowest BCUT2D eigenvalue weighted by Crippen LogP contribution is -2.42. The maximum Gasteiger partial charge on any atom is 0.296 e. The Morgan fingerprint density at radius 3 is 2.12 bits per heavy atom. The summed E-state index contributed by atoms with van der Waals surface area (Å²) in [6.07, 6.45) is 0. The molecule has 0 bridgehead atoms. The number of phenols is 1. The summed E-state index contributed by atoms with van der Waals surface area (Å²) in [6, 6.07) is 16.2. The van der Waals surface area contributed by atoms with E-state index in [0.29, 0.717) is 21.9 Å². The summed E-state index contributed by atoms with van der Waals surface area (Å²) in [5, 5.41) is 23.6. The van der Waals surface area contributed by atoms with Gasteiger partial charge in [-0.15, -0.1) is 0 Å². The standard InChI is InChI=1S/C23H19ClN2O6/c1-23(2,22(29)25-19-12-9-17(27)13-20(19)26(30)31)32-18-10-5-15(6-11-18)21(28)14-3-7-16(24)8-4-14/h3-13,27H,1-2H3,(H,25,29). The predicted octanol–water partition coefficient (Wildman–Crippen LogP) is 4.98. The Morgan fingerprint density at radius 2 is 1.56 bits per heavy atom. The highest BCUT2D eigenvalue weighted by Crippen LogP contribution is 2.30. The summed E-state index contributed by atoms with van der Waals surface area (Å²) < 4.78 is 5.76. The normalized spacial score (nSPS) is 11.0. The molecule has 0 fully saturated rings. The first-order valence-electron chi connectivity index (χ1n) is 9.45. The number of hydrogen-bond donors (Lipinski definition) is 2. The number of nitro benzene ring substituents is 1. The number of ketones is 1. The number of nitro groups is 1. The van der Waals surface area contributed by atoms with Crippen molar-refractivity contribution in [3.05, 3.63) is 93.0 Å². The molecule has 0 unspecified atom stereocenters. The fourth-order valence-corrected chi connectivity index (χ4v) is 2.96. The predicted molar refractivity (Wildman–Crippen MR) is 119 cm³/mol. The number of nitrogens with zero attached hydrogens (tertiary/aromatic N) is 1. The Kier molecular flexibility index (Phi) is 6.45. The van der Waals surface area contributed by atoms with E-state index in [1.807, 2.05) is 0 Å². The summed E-state index contributed by atoms with van der Waals surface area (Å²) in [5.74, 6) is -0.783. The van der Waals surface area contributed by atoms with Gasteiger partial charge in [-0.05, 0) is 74.5 Å². The van der Waals surface area contributed by atoms with Crippen LogP contribution in [-0.4, -0.2) is 27.3 Å². The molecule has 3 aromatic rings. The molecule has 0 aliphatic rings. The third kappa shape index (κ3) is 5.22. The monoisotopic (exact) mass is 454 g/mol. The van der Waals surface area contributed by atoms with E-state index in [2.05, 4.69) is 5.32 Å². The van der Waals surface area contributed by atoms with Crippen LogP contribution in [0.4, 0.5) is 11.4 Å². The lowest BCUT2D eigenvalue weighted by molar-refractivity contribution is -0.384. The zero-order chi connectivity index (χ0) is 23.5. The van der Waals surface area contributed by atoms with Crippen LogP contribution < -0.4 is 10.1 Å². The number of carbonyl (C=O) groups is 2. The fraction of sp³-hybridized carbons (Fsp3) is 0.130. The van der Waals surface area contributed by atoms with Gasteiger partial charge in [0.25, 0.3) is 11.6 Å². The van der Waals surface area contributed by atoms with Crippen molar-refractivity contribution in [3.63, 3.8) is 0 Å². The zero-order valence-corrected chi connectivity index (χ0v) is 17.9. The van der Waals surface area contributed by atoms with Crippen molar-refractivity contribution in [2.75, 3.05) is 5.32 Å². The van der Waals surface area contributed by atoms with E-state index in [-0.39, 0.29) is 17.2 Å². The van der Waals surface area contributed by atoms with Gasteiger partial charge in [-0.1, -0.05) is 11.6 Å². The van der Waals surface area contributed by atoms with Crippen LogP contribution in [0, 0.1) is 10.1 Å². The van der Waals surface area contributed by atoms with E-state index in [1.165, 1.54) is 26.0 Å². The minimum Gasteiger partial charge on any atom is -0.508 e. The molecule has 2 N–H and O–H groups in total. The number of amides is 1. The van der Waals surface area contributed by atoms with Gasteiger partial charge in [0, 0.05) is 16.1 Å². The molecular weight excluding hydrogens is 436 g/mol. The van der Waals surface area contributed by atoms with Gasteiger partial charge < -0.3 is 15.2 Å². The van der Waals surface area contributed by atoms with Crippen LogP contribution in [0.2, 0.25) is 5.02 Å². The molecule has 0 aliphatic carbocycles. The minimum atomic E-state index is -1.40. The largest absolute Gasteiger partial charge is 0.508 e. The summed E-state index contributed by atoms with van der Waals surface area (Å²) >= 11 is 5.85. The first-order valence-corrected chi connectivity index (χ1v) is 9.83. The Labute approximate surface area is 188 Å². The quantitative estimate of drug-likeness (QED) is 0.225. The Balaban J connectivity index is 1.72. The summed E-state index contributed by atoms with van der Waals surface area (Å²) in [7, 11) is 0. The van der Waals surface area contributed by atoms with Gasteiger partial charge in [0.05, 0.1) is 11.0 Å². The molecule has 3 rings (SSSR count). The van der Waals surface area contributed by atoms with Crippen molar-refractivity contribution in [2.45, 2.75) is 19.4 Å². The van der Waals surface area contributed by atoms with Crippen LogP contribution in [0.5, 0.6) is 11.5 Å². The second-order valence-corrected chi connectivity index (χ2v) is 7.82. The van der Waals surface area contributed by atoms with Crippen molar-refractivity contribution in [2.24, 2.45) is 0 Å². The van der Waals surface area contributed by atoms with E-state index in [9.17, 15) is 24.8 Å². The second kappa shape index (κ2) is 9.07. The highest BCUT2D eigenvalue weighted by Gasteiger charge is 2.32. The SMILES string of the molecule is CC(C)(Oc1ccc(C(=O)c2ccc(Cl)cc2)cc1)C(=O)Nc1ccc(O)cc1[N+](=O)[O-]. The first-order chi connectivity index (χ1) is 15.1. The van der Waals surface area contributed by atoms with Crippen molar-refractivity contribution in [1.82, 2.24) is 0 Å². The maximum atomic E-state index is 12.7. The number of rotatable bonds is 7. The number of halogens is 1. The maximum absolute atomic E-state index is 12.7. The average Bonchev–Trinajstić information content (AvgIpc) is 2.75. The molecule has 0 aromatic heterocycles. The number of ether oxygens (including phenoxy) is 1. The van der Waals surface area contributed by atoms with Crippen molar-refractivity contribution in [1.29, 1.82) is 0 Å². The van der Waals surface area contributed by atoms with Gasteiger partial charge in [-0.2, -0.15) is 0 Å². The van der Waals surface area contributed by atoms with Crippen LogP contribution in [0.1, 0.15) is 29.8 Å². The van der Waals surface area contributed by atoms with E-state index in [1.54, 1.807) is 48.5 Å². The smallest absolute Gasteiger partial charge is 0.296 e. The molecule has 0 radical (unpaired) electrons. The van der Waals surface area contributed by atoms with Gasteiger partial charge >= 0.3 is 0 Å². The lowest BCUT2D eigenvalue weighted by Gasteiger charge is -2.25. The van der Waals surface area contributed by atoms with Crippen molar-refractivity contribution >= 4 is 34.7 Å². The first kappa shape index (κ1) is 22.8. The number of benzene rings is 3. The van der Waals surface area contributed by atoms with E-state index in [4.69, 9.17) is 16.3 Å². The van der Waals surface area contributed by atoms with Gasteiger partial charge in [0.2, 0.25) is 0 Å². The van der Waals surface area contributed by atoms with Gasteiger partial charge in [0.15, 0.2) is 11.4 Å². The third-order valence-electron chi connectivity index (χ3n) is 4.57. The molecule has 0 saturated heterocycles. The zero-order valence-electron chi connectivity index (χ0n) is 17.2. The highest BCUT2D eigenvalue weighted by atomic mass is 35.5. The molecule has 3 aromatic carbocycles. The molecule has 1 amide bonds. The van der Waals surface area contributed by atoms with E-state index >= 15 is 0 Å². The topological polar surface area (TPSA) is 119 Å². The minimum absolute atomic E-state index is 0.0709. The lowest BCUT2D eigenvalue weighted by atomic mass is 10.0. The molecule has 0 spiro atoms. The number of carbonyl (C=O) groups excluding carboxylic acids is 2. The van der Waals surface area contributed by atoms with Crippen LogP contribution in [0.15, 0.2) is 66.7 Å². The number of phenolic OH excluding ortho intramolecular Hbond substituents is 1. The van der Waals surface area contributed by atoms with Gasteiger partial charge in [-0.25, -0.2) is 0 Å². The molecule has 9 heteroatoms. The molecule has 32 heavy (non-hydrogen) atoms. The number of aromatic hydroxyl groups is 1. The summed E-state index contributed by atoms with van der Waals surface area (Å²) in [5.41, 5.74) is -0.995. The van der Waals surface area contributed by atoms with Crippen LogP contribution in [0.3, 0.4) is 0 Å². The van der Waals surface area contributed by atoms with Crippen LogP contribution in [0.25, 0.3) is 0 Å². The van der Waals surface area contributed by atoms with Crippen molar-refractivity contribution in [3.8, 4) is 11.5 Å². The highest BCUT2D eigenvalue weighted by molar-refractivity contribution is 6.30. The molecule has 0 heterocycles. The fourth-order valence-electron chi connectivity index (χ4n) is 2.83. The van der Waals surface area contributed by atoms with E-state index in [0.717, 1.165) is 6.07 Å². The molecule has 0 atom stereocenters. The third-order valence-corrected chi connectivity index (χ3v) is 4.82. The summed E-state index contributed by atoms with van der Waals surface area (Å²) in [4.78, 5) is 35.7. The van der Waals surface area contributed by atoms with Crippen molar-refractivity contribution < 1.29 is 24.4 Å². The van der Waals surface area contributed by atoms with Gasteiger partial charge in [-0.3, -0.25) is 19.7 Å². The average molecular weight is 455 g/mol. The molecule has 0 saturated carbocycles. The second-order valence-electron chi connectivity index (χ2n) is 7.39. The molecular formula is C23H19ClN2O6. The van der Waals surface area contributed by atoms with Crippen LogP contribution in [-0.2, 0) is 4.79 Å². The molecule has 0 aliphatic heterocycles. The molecule has 164 valence electrons. The number of hydrogen-bond acceptors (Lipinski definition) is 6. The molecule has 8 nitrogen and oxygen atoms in total. The number of nitrogens with one attached hydrogen (secondary N) is 1. The Morgan fingerprint density at radius 1 is 1.00 bits per heavy atom. The van der Waals surface area contributed by atoms with Gasteiger partial charge in [0.1, 0.15) is 17.2 Å². The van der Waals surface area contributed by atoms with Crippen LogP contribution >= 0.6 is 11.6 Å². The summed E-state index contributed by atoms with van der Waals surface area (Å²) in [6.45, 7) is 3.00. The van der Waals surface area contributed by atoms with E-state index < -0.39 is 22.1 Å². The Bertz CT molecular complexity index is 1170. The Hall–Kier alpha value is -3.91. The number of anilines is 1.